The fourth-order valence-corrected chi connectivity index (χ4v) is 2.12. The third kappa shape index (κ3) is 5.05. The summed E-state index contributed by atoms with van der Waals surface area (Å²) in [6.45, 7) is 4.98. The molecule has 0 aromatic carbocycles. The van der Waals surface area contributed by atoms with Crippen molar-refractivity contribution < 1.29 is 13.9 Å². The number of hydrogen-bond donors (Lipinski definition) is 4. The number of nitrogens with zero attached hydrogens (tertiary/aromatic N) is 4. The van der Waals surface area contributed by atoms with Crippen LogP contribution in [0, 0.1) is 0 Å². The summed E-state index contributed by atoms with van der Waals surface area (Å²) in [6.07, 6.45) is -1.93. The Bertz CT molecular complexity index is 734. The molecule has 0 unspecified atom stereocenters. The zero-order valence-electron chi connectivity index (χ0n) is 14.7. The molecule has 0 saturated heterocycles. The van der Waals surface area contributed by atoms with Crippen LogP contribution in [0.5, 0.6) is 0 Å². The Hall–Kier alpha value is -2.36. The van der Waals surface area contributed by atoms with Gasteiger partial charge in [-0.05, 0) is 20.3 Å². The Balaban J connectivity index is 2.46. The van der Waals surface area contributed by atoms with Crippen LogP contribution in [0.25, 0.3) is 11.0 Å². The standard InChI is InChI=1S/C15H23F2N7O/c1-5-8-10-11(23-14(21-8)20-7-15(2,3)25)12(18-4)24-13(22-10)19-6-9(16)17/h9,25H,5-7H2,1-4H3,(H,20,21,23)(H2,18,19,22,24). The van der Waals surface area contributed by atoms with Crippen LogP contribution in [-0.4, -0.2) is 57.2 Å². The summed E-state index contributed by atoms with van der Waals surface area (Å²) in [5.41, 5.74) is 0.709. The molecule has 0 atom stereocenters. The highest BCUT2D eigenvalue weighted by Crippen LogP contribution is 2.24. The highest BCUT2D eigenvalue weighted by atomic mass is 19.3. The first kappa shape index (κ1) is 19.0. The Labute approximate surface area is 144 Å². The van der Waals surface area contributed by atoms with Crippen molar-refractivity contribution in [2.75, 3.05) is 36.1 Å². The van der Waals surface area contributed by atoms with E-state index in [1.165, 1.54) is 0 Å². The van der Waals surface area contributed by atoms with Crippen molar-refractivity contribution in [3.63, 3.8) is 0 Å². The minimum atomic E-state index is -2.51. The first-order valence-electron chi connectivity index (χ1n) is 7.98. The highest BCUT2D eigenvalue weighted by Gasteiger charge is 2.17. The zero-order chi connectivity index (χ0) is 18.6. The second-order valence-corrected chi connectivity index (χ2v) is 6.13. The number of alkyl halides is 2. The Morgan fingerprint density at radius 2 is 1.68 bits per heavy atom. The quantitative estimate of drug-likeness (QED) is 0.568. The van der Waals surface area contributed by atoms with Crippen molar-refractivity contribution in [1.82, 2.24) is 19.9 Å². The second-order valence-electron chi connectivity index (χ2n) is 6.13. The van der Waals surface area contributed by atoms with Crippen molar-refractivity contribution >= 4 is 28.7 Å². The predicted molar refractivity (Wildman–Crippen MR) is 93.3 cm³/mol. The maximum Gasteiger partial charge on any atom is 0.255 e. The lowest BCUT2D eigenvalue weighted by molar-refractivity contribution is 0.0943. The van der Waals surface area contributed by atoms with Crippen molar-refractivity contribution in [3.8, 4) is 0 Å². The van der Waals surface area contributed by atoms with Gasteiger partial charge in [0.05, 0.1) is 17.8 Å². The molecule has 4 N–H and O–H groups in total. The zero-order valence-corrected chi connectivity index (χ0v) is 14.7. The summed E-state index contributed by atoms with van der Waals surface area (Å²) in [5.74, 6) is 0.845. The molecule has 0 saturated carbocycles. The number of aromatic nitrogens is 4. The van der Waals surface area contributed by atoms with Gasteiger partial charge in [-0.1, -0.05) is 6.92 Å². The lowest BCUT2D eigenvalue weighted by Crippen LogP contribution is -2.30. The van der Waals surface area contributed by atoms with Gasteiger partial charge in [-0.2, -0.15) is 4.98 Å². The maximum absolute atomic E-state index is 12.4. The first-order chi connectivity index (χ1) is 11.7. The van der Waals surface area contributed by atoms with Crippen LogP contribution in [-0.2, 0) is 6.42 Å². The molecule has 25 heavy (non-hydrogen) atoms. The van der Waals surface area contributed by atoms with Gasteiger partial charge >= 0.3 is 0 Å². The molecule has 2 rings (SSSR count). The molecule has 8 nitrogen and oxygen atoms in total. The molecule has 0 fully saturated rings. The van der Waals surface area contributed by atoms with Gasteiger partial charge in [0, 0.05) is 13.6 Å². The minimum Gasteiger partial charge on any atom is -0.389 e. The van der Waals surface area contributed by atoms with Crippen molar-refractivity contribution in [2.24, 2.45) is 0 Å². The van der Waals surface area contributed by atoms with Gasteiger partial charge in [0.25, 0.3) is 6.43 Å². The van der Waals surface area contributed by atoms with Crippen LogP contribution >= 0.6 is 0 Å². The topological polar surface area (TPSA) is 108 Å². The lowest BCUT2D eigenvalue weighted by Gasteiger charge is -2.18. The van der Waals surface area contributed by atoms with E-state index in [0.717, 1.165) is 0 Å². The fraction of sp³-hybridized carbons (Fsp3) is 0.600. The van der Waals surface area contributed by atoms with E-state index in [9.17, 15) is 13.9 Å². The van der Waals surface area contributed by atoms with Gasteiger partial charge in [0.15, 0.2) is 5.82 Å². The van der Waals surface area contributed by atoms with Gasteiger partial charge in [0.2, 0.25) is 11.9 Å². The van der Waals surface area contributed by atoms with Gasteiger partial charge in [0.1, 0.15) is 11.0 Å². The molecule has 0 amide bonds. The van der Waals surface area contributed by atoms with Gasteiger partial charge in [-0.3, -0.25) is 0 Å². The molecule has 2 aromatic heterocycles. The van der Waals surface area contributed by atoms with Crippen LogP contribution in [0.3, 0.4) is 0 Å². The number of halogens is 2. The van der Waals surface area contributed by atoms with Crippen molar-refractivity contribution in [2.45, 2.75) is 39.2 Å². The average Bonchev–Trinajstić information content (AvgIpc) is 2.56. The molecule has 0 aliphatic rings. The summed E-state index contributed by atoms with van der Waals surface area (Å²) in [5, 5.41) is 18.2. The summed E-state index contributed by atoms with van der Waals surface area (Å²) in [4.78, 5) is 17.3. The molecule has 138 valence electrons. The number of nitrogens with one attached hydrogen (secondary N) is 3. The maximum atomic E-state index is 12.4. The van der Waals surface area contributed by atoms with Crippen LogP contribution in [0.1, 0.15) is 26.5 Å². The average molecular weight is 355 g/mol. The van der Waals surface area contributed by atoms with E-state index in [1.54, 1.807) is 20.9 Å². The molecular weight excluding hydrogens is 332 g/mol. The normalized spacial score (nSPS) is 11.8. The van der Waals surface area contributed by atoms with Gasteiger partial charge < -0.3 is 21.1 Å². The van der Waals surface area contributed by atoms with Gasteiger partial charge in [-0.15, -0.1) is 0 Å². The number of fused-ring (bicyclic) bond motifs is 1. The molecule has 0 spiro atoms. The number of hydrogen-bond acceptors (Lipinski definition) is 8. The lowest BCUT2D eigenvalue weighted by atomic mass is 10.1. The SMILES string of the molecule is CCc1nc(NCC(C)(C)O)nc2c(NC)nc(NCC(F)F)nc12. The molecule has 0 aliphatic heterocycles. The van der Waals surface area contributed by atoms with E-state index < -0.39 is 18.6 Å². The van der Waals surface area contributed by atoms with Crippen LogP contribution in [0.4, 0.5) is 26.5 Å². The van der Waals surface area contributed by atoms with Crippen LogP contribution < -0.4 is 16.0 Å². The highest BCUT2D eigenvalue weighted by molar-refractivity contribution is 5.88. The van der Waals surface area contributed by atoms with Crippen molar-refractivity contribution in [1.29, 1.82) is 0 Å². The van der Waals surface area contributed by atoms with E-state index in [0.29, 0.717) is 34.9 Å². The van der Waals surface area contributed by atoms with Gasteiger partial charge in [-0.25, -0.2) is 23.7 Å². The molecule has 2 heterocycles. The Morgan fingerprint density at radius 1 is 1.04 bits per heavy atom. The monoisotopic (exact) mass is 355 g/mol. The first-order valence-corrected chi connectivity index (χ1v) is 7.98. The van der Waals surface area contributed by atoms with Crippen molar-refractivity contribution in [3.05, 3.63) is 5.69 Å². The van der Waals surface area contributed by atoms with E-state index in [4.69, 9.17) is 0 Å². The molecule has 2 aromatic rings. The number of aliphatic hydroxyl groups is 1. The van der Waals surface area contributed by atoms with Crippen LogP contribution in [0.15, 0.2) is 0 Å². The van der Waals surface area contributed by atoms with Crippen LogP contribution in [0.2, 0.25) is 0 Å². The number of aryl methyl sites for hydroxylation is 1. The smallest absolute Gasteiger partial charge is 0.255 e. The molecule has 10 heteroatoms. The fourth-order valence-electron chi connectivity index (χ4n) is 2.12. The largest absolute Gasteiger partial charge is 0.389 e. The summed E-state index contributed by atoms with van der Waals surface area (Å²) in [6, 6.07) is 0. The molecule has 0 radical (unpaired) electrons. The Morgan fingerprint density at radius 3 is 2.24 bits per heavy atom. The third-order valence-corrected chi connectivity index (χ3v) is 3.28. The van der Waals surface area contributed by atoms with E-state index in [2.05, 4.69) is 35.9 Å². The molecule has 0 bridgehead atoms. The summed E-state index contributed by atoms with van der Waals surface area (Å²) in [7, 11) is 1.66. The number of rotatable bonds is 8. The molecular formula is C15H23F2N7O. The minimum absolute atomic E-state index is 0.0904. The van der Waals surface area contributed by atoms with E-state index in [-0.39, 0.29) is 12.5 Å². The van der Waals surface area contributed by atoms with E-state index >= 15 is 0 Å². The second kappa shape index (κ2) is 7.68. The van der Waals surface area contributed by atoms with E-state index in [1.807, 2.05) is 6.92 Å². The summed E-state index contributed by atoms with van der Waals surface area (Å²) < 4.78 is 24.8. The molecule has 0 aliphatic carbocycles. The summed E-state index contributed by atoms with van der Waals surface area (Å²) >= 11 is 0. The predicted octanol–water partition coefficient (Wildman–Crippen LogP) is 1.88. The third-order valence-electron chi connectivity index (χ3n) is 3.28. The Kier molecular flexibility index (Phi) is 5.83. The number of anilines is 3.